The van der Waals surface area contributed by atoms with E-state index in [1.165, 1.54) is 0 Å². The molecule has 2 rings (SSSR count). The maximum atomic E-state index is 12.1. The third kappa shape index (κ3) is 3.06. The van der Waals surface area contributed by atoms with Crippen molar-refractivity contribution in [2.75, 3.05) is 19.6 Å². The molecule has 0 radical (unpaired) electrons. The molecule has 1 fully saturated rings. The van der Waals surface area contributed by atoms with Crippen LogP contribution in [0.1, 0.15) is 18.9 Å². The first-order valence-electron chi connectivity index (χ1n) is 6.14. The number of nitrogens with one attached hydrogen (secondary N) is 1. The van der Waals surface area contributed by atoms with Crippen molar-refractivity contribution in [1.82, 2.24) is 20.0 Å². The second-order valence-corrected chi connectivity index (χ2v) is 4.66. The smallest absolute Gasteiger partial charge is 0.223 e. The fraction of sp³-hybridized carbons (Fsp3) is 0.667. The lowest BCUT2D eigenvalue weighted by molar-refractivity contribution is -0.133. The van der Waals surface area contributed by atoms with Gasteiger partial charge in [-0.1, -0.05) is 0 Å². The third-order valence-electron chi connectivity index (χ3n) is 3.21. The molecule has 0 unspecified atom stereocenters. The molecule has 0 saturated carbocycles. The molecular formula is C12H20N4O. The average molecular weight is 236 g/mol. The molecule has 0 spiro atoms. The van der Waals surface area contributed by atoms with Gasteiger partial charge < -0.3 is 10.2 Å². The van der Waals surface area contributed by atoms with Gasteiger partial charge in [0.05, 0.1) is 6.20 Å². The van der Waals surface area contributed by atoms with Crippen LogP contribution in [0.4, 0.5) is 0 Å². The number of piperazine rings is 1. The number of hydrogen-bond donors (Lipinski definition) is 1. The number of amides is 1. The minimum Gasteiger partial charge on any atom is -0.337 e. The number of aryl methyl sites for hydroxylation is 2. The molecule has 1 amide bonds. The van der Waals surface area contributed by atoms with E-state index in [-0.39, 0.29) is 5.91 Å². The molecule has 2 heterocycles. The van der Waals surface area contributed by atoms with Crippen LogP contribution in [0.3, 0.4) is 0 Å². The first kappa shape index (κ1) is 12.1. The van der Waals surface area contributed by atoms with Crippen molar-refractivity contribution in [2.24, 2.45) is 7.05 Å². The predicted molar refractivity (Wildman–Crippen MR) is 65.6 cm³/mol. The summed E-state index contributed by atoms with van der Waals surface area (Å²) in [7, 11) is 1.89. The Labute approximate surface area is 102 Å². The first-order valence-corrected chi connectivity index (χ1v) is 6.14. The van der Waals surface area contributed by atoms with Crippen LogP contribution in [0.2, 0.25) is 0 Å². The summed E-state index contributed by atoms with van der Waals surface area (Å²) in [6.45, 7) is 4.72. The van der Waals surface area contributed by atoms with Crippen molar-refractivity contribution in [1.29, 1.82) is 0 Å². The van der Waals surface area contributed by atoms with Gasteiger partial charge >= 0.3 is 0 Å². The van der Waals surface area contributed by atoms with Crippen molar-refractivity contribution in [3.63, 3.8) is 0 Å². The van der Waals surface area contributed by atoms with Gasteiger partial charge in [0.1, 0.15) is 0 Å². The zero-order valence-electron chi connectivity index (χ0n) is 10.5. The summed E-state index contributed by atoms with van der Waals surface area (Å²) in [5.41, 5.74) is 1.13. The number of carbonyl (C=O) groups excluding carboxylic acids is 1. The first-order chi connectivity index (χ1) is 8.16. The van der Waals surface area contributed by atoms with Gasteiger partial charge in [0, 0.05) is 45.3 Å². The average Bonchev–Trinajstić information content (AvgIpc) is 2.73. The molecule has 17 heavy (non-hydrogen) atoms. The highest BCUT2D eigenvalue weighted by molar-refractivity contribution is 5.76. The van der Waals surface area contributed by atoms with Crippen LogP contribution in [0, 0.1) is 0 Å². The molecule has 0 aromatic carbocycles. The molecule has 0 bridgehead atoms. The summed E-state index contributed by atoms with van der Waals surface area (Å²) in [4.78, 5) is 14.0. The van der Waals surface area contributed by atoms with Crippen molar-refractivity contribution in [3.05, 3.63) is 18.0 Å². The van der Waals surface area contributed by atoms with Gasteiger partial charge in [0.25, 0.3) is 0 Å². The quantitative estimate of drug-likeness (QED) is 0.814. The molecule has 1 aromatic rings. The van der Waals surface area contributed by atoms with E-state index in [1.807, 2.05) is 24.3 Å². The van der Waals surface area contributed by atoms with Crippen LogP contribution >= 0.6 is 0 Å². The van der Waals surface area contributed by atoms with E-state index < -0.39 is 0 Å². The van der Waals surface area contributed by atoms with Gasteiger partial charge in [-0.3, -0.25) is 9.48 Å². The van der Waals surface area contributed by atoms with E-state index >= 15 is 0 Å². The van der Waals surface area contributed by atoms with Crippen LogP contribution in [-0.2, 0) is 18.3 Å². The monoisotopic (exact) mass is 236 g/mol. The molecule has 1 aliphatic heterocycles. The molecule has 5 heteroatoms. The lowest BCUT2D eigenvalue weighted by atomic mass is 10.1. The van der Waals surface area contributed by atoms with Crippen molar-refractivity contribution >= 4 is 5.91 Å². The van der Waals surface area contributed by atoms with Crippen LogP contribution in [0.25, 0.3) is 0 Å². The summed E-state index contributed by atoms with van der Waals surface area (Å²) in [6.07, 6.45) is 5.16. The predicted octanol–water partition coefficient (Wildman–Crippen LogP) is 0.173. The Kier molecular flexibility index (Phi) is 3.78. The van der Waals surface area contributed by atoms with Crippen LogP contribution < -0.4 is 5.32 Å². The number of carbonyl (C=O) groups is 1. The lowest BCUT2D eigenvalue weighted by Gasteiger charge is -2.34. The highest BCUT2D eigenvalue weighted by Gasteiger charge is 2.22. The maximum Gasteiger partial charge on any atom is 0.223 e. The van der Waals surface area contributed by atoms with Gasteiger partial charge in [-0.15, -0.1) is 0 Å². The third-order valence-corrected chi connectivity index (χ3v) is 3.21. The molecule has 1 saturated heterocycles. The topological polar surface area (TPSA) is 50.2 Å². The molecule has 5 nitrogen and oxygen atoms in total. The summed E-state index contributed by atoms with van der Waals surface area (Å²) in [5.74, 6) is 0.253. The molecular weight excluding hydrogens is 216 g/mol. The van der Waals surface area contributed by atoms with Gasteiger partial charge in [0.2, 0.25) is 5.91 Å². The van der Waals surface area contributed by atoms with E-state index in [0.717, 1.165) is 31.6 Å². The number of aromatic nitrogens is 2. The normalized spacial score (nSPS) is 20.6. The summed E-state index contributed by atoms with van der Waals surface area (Å²) >= 11 is 0. The highest BCUT2D eigenvalue weighted by atomic mass is 16.2. The number of nitrogens with zero attached hydrogens (tertiary/aromatic N) is 3. The Balaban J connectivity index is 1.84. The molecule has 1 atom stereocenters. The number of rotatable bonds is 3. The largest absolute Gasteiger partial charge is 0.337 e. The van der Waals surface area contributed by atoms with E-state index in [4.69, 9.17) is 0 Å². The molecule has 1 N–H and O–H groups in total. The Bertz CT molecular complexity index is 388. The highest BCUT2D eigenvalue weighted by Crippen LogP contribution is 2.08. The van der Waals surface area contributed by atoms with Gasteiger partial charge in [0.15, 0.2) is 0 Å². The molecule has 1 aliphatic rings. The van der Waals surface area contributed by atoms with Gasteiger partial charge in [-0.05, 0) is 18.9 Å². The summed E-state index contributed by atoms with van der Waals surface area (Å²) < 4.78 is 1.77. The fourth-order valence-electron chi connectivity index (χ4n) is 2.21. The van der Waals surface area contributed by atoms with Crippen molar-refractivity contribution < 1.29 is 4.79 Å². The second kappa shape index (κ2) is 5.31. The van der Waals surface area contributed by atoms with Crippen molar-refractivity contribution in [3.8, 4) is 0 Å². The zero-order valence-corrected chi connectivity index (χ0v) is 10.5. The Morgan fingerprint density at radius 1 is 1.65 bits per heavy atom. The Morgan fingerprint density at radius 3 is 3.12 bits per heavy atom. The van der Waals surface area contributed by atoms with E-state index in [1.54, 1.807) is 4.68 Å². The Morgan fingerprint density at radius 2 is 2.47 bits per heavy atom. The van der Waals surface area contributed by atoms with E-state index in [0.29, 0.717) is 12.5 Å². The standard InChI is InChI=1S/C12H20N4O/c1-10-7-13-5-6-16(10)12(17)4-3-11-8-14-15(2)9-11/h8-10,13H,3-7H2,1-2H3/t10-/m1/s1. The van der Waals surface area contributed by atoms with E-state index in [2.05, 4.69) is 17.3 Å². The van der Waals surface area contributed by atoms with Gasteiger partial charge in [-0.25, -0.2) is 0 Å². The van der Waals surface area contributed by atoms with Crippen LogP contribution in [-0.4, -0.2) is 46.3 Å². The van der Waals surface area contributed by atoms with Gasteiger partial charge in [-0.2, -0.15) is 5.10 Å². The second-order valence-electron chi connectivity index (χ2n) is 4.66. The minimum absolute atomic E-state index is 0.253. The zero-order chi connectivity index (χ0) is 12.3. The molecule has 94 valence electrons. The SMILES string of the molecule is C[C@@H]1CNCCN1C(=O)CCc1cnn(C)c1. The molecule has 0 aliphatic carbocycles. The minimum atomic E-state index is 0.253. The fourth-order valence-corrected chi connectivity index (χ4v) is 2.21. The summed E-state index contributed by atoms with van der Waals surface area (Å²) in [6, 6.07) is 0.310. The van der Waals surface area contributed by atoms with E-state index in [9.17, 15) is 4.79 Å². The lowest BCUT2D eigenvalue weighted by Crippen LogP contribution is -2.52. The number of hydrogen-bond acceptors (Lipinski definition) is 3. The Hall–Kier alpha value is -1.36. The van der Waals surface area contributed by atoms with Crippen LogP contribution in [0.15, 0.2) is 12.4 Å². The molecule has 1 aromatic heterocycles. The maximum absolute atomic E-state index is 12.1. The van der Waals surface area contributed by atoms with Crippen LogP contribution in [0.5, 0.6) is 0 Å². The summed E-state index contributed by atoms with van der Waals surface area (Å²) in [5, 5.41) is 7.39. The van der Waals surface area contributed by atoms with Crippen molar-refractivity contribution in [2.45, 2.75) is 25.8 Å².